The number of carbonyl (C=O) groups is 1. The number of ether oxygens (including phenoxy) is 1. The van der Waals surface area contributed by atoms with Gasteiger partial charge in [-0.25, -0.2) is 4.79 Å². The van der Waals surface area contributed by atoms with Crippen molar-refractivity contribution in [2.45, 2.75) is 6.92 Å². The van der Waals surface area contributed by atoms with Gasteiger partial charge in [-0.2, -0.15) is 0 Å². The SMILES string of the molecule is CCOC(=O)/C=C/c1ccc(-c2cccs2)cc1. The molecule has 0 amide bonds. The van der Waals surface area contributed by atoms with Gasteiger partial charge in [0.25, 0.3) is 0 Å². The monoisotopic (exact) mass is 258 g/mol. The van der Waals surface area contributed by atoms with E-state index in [0.717, 1.165) is 5.56 Å². The first-order valence-electron chi connectivity index (χ1n) is 5.78. The van der Waals surface area contributed by atoms with Crippen LogP contribution in [0.4, 0.5) is 0 Å². The lowest BCUT2D eigenvalue weighted by atomic mass is 10.1. The van der Waals surface area contributed by atoms with Gasteiger partial charge in [-0.05, 0) is 35.6 Å². The second-order valence-electron chi connectivity index (χ2n) is 3.68. The highest BCUT2D eigenvalue weighted by atomic mass is 32.1. The Morgan fingerprint density at radius 2 is 2.06 bits per heavy atom. The first-order valence-corrected chi connectivity index (χ1v) is 6.66. The minimum Gasteiger partial charge on any atom is -0.463 e. The summed E-state index contributed by atoms with van der Waals surface area (Å²) >= 11 is 1.71. The molecule has 0 atom stereocenters. The van der Waals surface area contributed by atoms with Gasteiger partial charge in [0, 0.05) is 11.0 Å². The van der Waals surface area contributed by atoms with Gasteiger partial charge in [0.2, 0.25) is 0 Å². The molecule has 0 aliphatic carbocycles. The van der Waals surface area contributed by atoms with Gasteiger partial charge in [0.15, 0.2) is 0 Å². The van der Waals surface area contributed by atoms with Crippen molar-refractivity contribution in [2.24, 2.45) is 0 Å². The molecule has 18 heavy (non-hydrogen) atoms. The van der Waals surface area contributed by atoms with E-state index < -0.39 is 0 Å². The molecule has 0 radical (unpaired) electrons. The van der Waals surface area contributed by atoms with Crippen molar-refractivity contribution in [3.8, 4) is 10.4 Å². The summed E-state index contributed by atoms with van der Waals surface area (Å²) in [5, 5.41) is 2.06. The molecular formula is C15H14O2S. The molecular weight excluding hydrogens is 244 g/mol. The number of benzene rings is 1. The maximum Gasteiger partial charge on any atom is 0.330 e. The Balaban J connectivity index is 2.06. The Bertz CT molecular complexity index is 524. The van der Waals surface area contributed by atoms with E-state index in [9.17, 15) is 4.79 Å². The second kappa shape index (κ2) is 6.17. The van der Waals surface area contributed by atoms with Crippen molar-refractivity contribution in [1.29, 1.82) is 0 Å². The third-order valence-electron chi connectivity index (χ3n) is 2.41. The van der Waals surface area contributed by atoms with Crippen LogP contribution in [0.2, 0.25) is 0 Å². The summed E-state index contributed by atoms with van der Waals surface area (Å²) in [5.41, 5.74) is 2.18. The molecule has 2 aromatic rings. The van der Waals surface area contributed by atoms with Gasteiger partial charge in [0.1, 0.15) is 0 Å². The van der Waals surface area contributed by atoms with Gasteiger partial charge >= 0.3 is 5.97 Å². The summed E-state index contributed by atoms with van der Waals surface area (Å²) in [6.45, 7) is 2.20. The quantitative estimate of drug-likeness (QED) is 0.612. The Hall–Kier alpha value is -1.87. The molecule has 1 aromatic heterocycles. The van der Waals surface area contributed by atoms with Crippen LogP contribution in [0.3, 0.4) is 0 Å². The topological polar surface area (TPSA) is 26.3 Å². The Morgan fingerprint density at radius 3 is 2.67 bits per heavy atom. The van der Waals surface area contributed by atoms with Crippen molar-refractivity contribution < 1.29 is 9.53 Å². The number of thiophene rings is 1. The average Bonchev–Trinajstić information content (AvgIpc) is 2.91. The number of esters is 1. The highest BCUT2D eigenvalue weighted by Gasteiger charge is 1.98. The van der Waals surface area contributed by atoms with Crippen LogP contribution in [-0.4, -0.2) is 12.6 Å². The zero-order chi connectivity index (χ0) is 12.8. The van der Waals surface area contributed by atoms with Gasteiger partial charge in [-0.3, -0.25) is 0 Å². The van der Waals surface area contributed by atoms with Gasteiger partial charge in [0.05, 0.1) is 6.61 Å². The molecule has 0 unspecified atom stereocenters. The van der Waals surface area contributed by atoms with Crippen molar-refractivity contribution in [2.75, 3.05) is 6.61 Å². The van der Waals surface area contributed by atoms with Crippen molar-refractivity contribution >= 4 is 23.4 Å². The lowest BCUT2D eigenvalue weighted by molar-refractivity contribution is -0.137. The molecule has 0 bridgehead atoms. The van der Waals surface area contributed by atoms with E-state index in [4.69, 9.17) is 4.74 Å². The van der Waals surface area contributed by atoms with Gasteiger partial charge in [-0.15, -0.1) is 11.3 Å². The Kier molecular flexibility index (Phi) is 4.31. The molecule has 0 fully saturated rings. The first-order chi connectivity index (χ1) is 8.79. The number of hydrogen-bond acceptors (Lipinski definition) is 3. The van der Waals surface area contributed by atoms with E-state index in [1.54, 1.807) is 24.3 Å². The minimum atomic E-state index is -0.306. The molecule has 0 aliphatic heterocycles. The van der Waals surface area contributed by atoms with Gasteiger partial charge < -0.3 is 4.74 Å². The smallest absolute Gasteiger partial charge is 0.330 e. The van der Waals surface area contributed by atoms with E-state index in [0.29, 0.717) is 6.61 Å². The summed E-state index contributed by atoms with van der Waals surface area (Å²) in [6, 6.07) is 12.2. The van der Waals surface area contributed by atoms with E-state index in [1.165, 1.54) is 16.5 Å². The normalized spacial score (nSPS) is 10.7. The zero-order valence-corrected chi connectivity index (χ0v) is 10.9. The van der Waals surface area contributed by atoms with Crippen LogP contribution in [0, 0.1) is 0 Å². The highest BCUT2D eigenvalue weighted by Crippen LogP contribution is 2.24. The molecule has 0 saturated heterocycles. The summed E-state index contributed by atoms with van der Waals surface area (Å²) in [5.74, 6) is -0.306. The number of rotatable bonds is 4. The molecule has 0 saturated carbocycles. The second-order valence-corrected chi connectivity index (χ2v) is 4.63. The molecule has 0 aliphatic rings. The molecule has 3 heteroatoms. The fourth-order valence-electron chi connectivity index (χ4n) is 1.56. The third-order valence-corrected chi connectivity index (χ3v) is 3.33. The van der Waals surface area contributed by atoms with Crippen LogP contribution in [0.1, 0.15) is 12.5 Å². The zero-order valence-electron chi connectivity index (χ0n) is 10.1. The van der Waals surface area contributed by atoms with Crippen LogP contribution in [0.15, 0.2) is 47.9 Å². The molecule has 2 rings (SSSR count). The molecule has 0 spiro atoms. The van der Waals surface area contributed by atoms with E-state index in [1.807, 2.05) is 18.2 Å². The molecule has 1 heterocycles. The van der Waals surface area contributed by atoms with Crippen LogP contribution in [0.25, 0.3) is 16.5 Å². The molecule has 1 aromatic carbocycles. The number of carbonyl (C=O) groups excluding carboxylic acids is 1. The molecule has 92 valence electrons. The van der Waals surface area contributed by atoms with E-state index >= 15 is 0 Å². The van der Waals surface area contributed by atoms with Crippen LogP contribution in [-0.2, 0) is 9.53 Å². The standard InChI is InChI=1S/C15H14O2S/c1-2-17-15(16)10-7-12-5-8-13(9-6-12)14-4-3-11-18-14/h3-11H,2H2,1H3/b10-7+. The van der Waals surface area contributed by atoms with E-state index in [-0.39, 0.29) is 5.97 Å². The predicted molar refractivity (Wildman–Crippen MR) is 75.4 cm³/mol. The van der Waals surface area contributed by atoms with E-state index in [2.05, 4.69) is 23.6 Å². The highest BCUT2D eigenvalue weighted by molar-refractivity contribution is 7.13. The molecule has 2 nitrogen and oxygen atoms in total. The summed E-state index contributed by atoms with van der Waals surface area (Å²) < 4.78 is 4.82. The fraction of sp³-hybridized carbons (Fsp3) is 0.133. The summed E-state index contributed by atoms with van der Waals surface area (Å²) in [6.07, 6.45) is 3.21. The van der Waals surface area contributed by atoms with Gasteiger partial charge in [-0.1, -0.05) is 30.3 Å². The van der Waals surface area contributed by atoms with Crippen LogP contribution in [0.5, 0.6) is 0 Å². The predicted octanol–water partition coefficient (Wildman–Crippen LogP) is 3.99. The lowest BCUT2D eigenvalue weighted by Gasteiger charge is -1.99. The maximum absolute atomic E-state index is 11.2. The van der Waals surface area contributed by atoms with Crippen molar-refractivity contribution in [3.63, 3.8) is 0 Å². The minimum absolute atomic E-state index is 0.306. The maximum atomic E-state index is 11.2. The Labute approximate surface area is 111 Å². The largest absolute Gasteiger partial charge is 0.463 e. The first kappa shape index (κ1) is 12.6. The van der Waals surface area contributed by atoms with Crippen molar-refractivity contribution in [3.05, 3.63) is 53.4 Å². The van der Waals surface area contributed by atoms with Crippen molar-refractivity contribution in [1.82, 2.24) is 0 Å². The fourth-order valence-corrected chi connectivity index (χ4v) is 2.29. The average molecular weight is 258 g/mol. The Morgan fingerprint density at radius 1 is 1.28 bits per heavy atom. The number of hydrogen-bond donors (Lipinski definition) is 0. The summed E-state index contributed by atoms with van der Waals surface area (Å²) in [4.78, 5) is 12.4. The summed E-state index contributed by atoms with van der Waals surface area (Å²) in [7, 11) is 0. The van der Waals surface area contributed by atoms with Crippen LogP contribution >= 0.6 is 11.3 Å². The molecule has 0 N–H and O–H groups in total. The lowest BCUT2D eigenvalue weighted by Crippen LogP contribution is -1.98. The van der Waals surface area contributed by atoms with Crippen LogP contribution < -0.4 is 0 Å². The third kappa shape index (κ3) is 3.31.